The topological polar surface area (TPSA) is 70.0 Å². The Morgan fingerprint density at radius 1 is 1.24 bits per heavy atom. The van der Waals surface area contributed by atoms with E-state index >= 15 is 0 Å². The average molecular weight is 487 g/mol. The third-order valence-corrected chi connectivity index (χ3v) is 7.33. The molecule has 0 aliphatic carbocycles. The first-order chi connectivity index (χ1) is 13.8. The number of nitrogens with zero attached hydrogens (tertiary/aromatic N) is 1. The van der Waals surface area contributed by atoms with Gasteiger partial charge in [0.05, 0.1) is 28.3 Å². The smallest absolute Gasteiger partial charge is 0.173 e. The number of thioether (sulfide) groups is 1. The maximum Gasteiger partial charge on any atom is 0.173 e. The van der Waals surface area contributed by atoms with E-state index in [0.717, 1.165) is 20.6 Å². The Bertz CT molecular complexity index is 1070. The van der Waals surface area contributed by atoms with Crippen molar-refractivity contribution in [3.63, 3.8) is 0 Å². The van der Waals surface area contributed by atoms with Crippen LogP contribution in [-0.2, 0) is 4.79 Å². The monoisotopic (exact) mass is 486 g/mol. The van der Waals surface area contributed by atoms with Crippen LogP contribution in [0.2, 0.25) is 0 Å². The molecule has 0 unspecified atom stereocenters. The van der Waals surface area contributed by atoms with Crippen LogP contribution >= 0.6 is 39.0 Å². The van der Waals surface area contributed by atoms with Gasteiger partial charge in [0.1, 0.15) is 0 Å². The minimum absolute atomic E-state index is 0.0167. The van der Waals surface area contributed by atoms with Crippen molar-refractivity contribution in [1.82, 2.24) is 5.32 Å². The van der Waals surface area contributed by atoms with Gasteiger partial charge < -0.3 is 5.32 Å². The Kier molecular flexibility index (Phi) is 6.78. The van der Waals surface area contributed by atoms with Crippen LogP contribution < -0.4 is 5.32 Å². The largest absolute Gasteiger partial charge is 0.353 e. The summed E-state index contributed by atoms with van der Waals surface area (Å²) in [5.74, 6) is -0.273. The lowest BCUT2D eigenvalue weighted by atomic mass is 9.84. The molecule has 2 aromatic rings. The number of ketones is 2. The number of hydrogen-bond donors (Lipinski definition) is 1. The van der Waals surface area contributed by atoms with Crippen molar-refractivity contribution in [2.24, 2.45) is 0 Å². The van der Waals surface area contributed by atoms with Gasteiger partial charge in [-0.2, -0.15) is 5.26 Å². The maximum atomic E-state index is 12.6. The summed E-state index contributed by atoms with van der Waals surface area (Å²) in [5, 5.41) is 15.7. The Hall–Kier alpha value is -2.14. The molecule has 3 rings (SSSR count). The number of halogens is 1. The Morgan fingerprint density at radius 3 is 2.48 bits per heavy atom. The third kappa shape index (κ3) is 4.55. The van der Waals surface area contributed by atoms with Crippen molar-refractivity contribution in [3.8, 4) is 6.07 Å². The van der Waals surface area contributed by atoms with Gasteiger partial charge in [0.2, 0.25) is 0 Å². The van der Waals surface area contributed by atoms with Crippen molar-refractivity contribution in [2.45, 2.75) is 26.7 Å². The molecule has 2 heterocycles. The molecule has 1 aliphatic rings. The molecule has 1 atom stereocenters. The van der Waals surface area contributed by atoms with Gasteiger partial charge in [0, 0.05) is 26.2 Å². The summed E-state index contributed by atoms with van der Waals surface area (Å²) in [5.41, 5.74) is 3.50. The molecule has 29 heavy (non-hydrogen) atoms. The molecule has 0 spiro atoms. The number of rotatable bonds is 6. The quantitative estimate of drug-likeness (QED) is 0.528. The minimum atomic E-state index is -0.399. The lowest BCUT2D eigenvalue weighted by molar-refractivity contribution is -0.113. The second kappa shape index (κ2) is 9.12. The molecule has 0 bridgehead atoms. The minimum Gasteiger partial charge on any atom is -0.353 e. The van der Waals surface area contributed by atoms with Crippen LogP contribution in [0, 0.1) is 18.3 Å². The first-order valence-corrected chi connectivity index (χ1v) is 11.6. The SMILES string of the molecule is CC(=O)C1=C(C)NC(SCC(=O)c2ccc(Br)cc2)=C(C#N)[C@H]1c1sccc1C. The number of hydrogen-bond acceptors (Lipinski definition) is 6. The van der Waals surface area contributed by atoms with E-state index in [4.69, 9.17) is 0 Å². The molecular weight excluding hydrogens is 468 g/mol. The second-order valence-electron chi connectivity index (χ2n) is 6.69. The summed E-state index contributed by atoms with van der Waals surface area (Å²) in [6.45, 7) is 5.36. The van der Waals surface area contributed by atoms with Crippen molar-refractivity contribution < 1.29 is 9.59 Å². The summed E-state index contributed by atoms with van der Waals surface area (Å²) in [7, 11) is 0. The van der Waals surface area contributed by atoms with Crippen LogP contribution in [0.25, 0.3) is 0 Å². The summed E-state index contributed by atoms with van der Waals surface area (Å²) in [6.07, 6.45) is 0. The molecule has 1 aromatic heterocycles. The van der Waals surface area contributed by atoms with Gasteiger partial charge >= 0.3 is 0 Å². The highest BCUT2D eigenvalue weighted by Crippen LogP contribution is 2.43. The summed E-state index contributed by atoms with van der Waals surface area (Å²) in [4.78, 5) is 26.0. The normalized spacial score (nSPS) is 16.4. The predicted octanol–water partition coefficient (Wildman–Crippen LogP) is 5.72. The van der Waals surface area contributed by atoms with Crippen LogP contribution in [0.5, 0.6) is 0 Å². The number of carbonyl (C=O) groups is 2. The summed E-state index contributed by atoms with van der Waals surface area (Å²) >= 11 is 6.22. The number of Topliss-reactive ketones (excluding diaryl/α,β-unsaturated/α-hetero) is 2. The first kappa shape index (κ1) is 21.6. The van der Waals surface area contributed by atoms with Gasteiger partial charge in [-0.1, -0.05) is 39.8 Å². The number of aryl methyl sites for hydroxylation is 1. The van der Waals surface area contributed by atoms with Crippen molar-refractivity contribution in [1.29, 1.82) is 5.26 Å². The van der Waals surface area contributed by atoms with Gasteiger partial charge in [0.25, 0.3) is 0 Å². The number of allylic oxidation sites excluding steroid dienone is 3. The number of benzene rings is 1. The fourth-order valence-electron chi connectivity index (χ4n) is 3.29. The van der Waals surface area contributed by atoms with E-state index in [1.807, 2.05) is 37.4 Å². The maximum absolute atomic E-state index is 12.6. The van der Waals surface area contributed by atoms with Crippen LogP contribution in [0.15, 0.2) is 62.1 Å². The average Bonchev–Trinajstić information content (AvgIpc) is 3.11. The molecule has 1 N–H and O–H groups in total. The molecule has 0 fully saturated rings. The van der Waals surface area contributed by atoms with E-state index in [2.05, 4.69) is 27.3 Å². The van der Waals surface area contributed by atoms with Crippen LogP contribution in [0.1, 0.15) is 40.6 Å². The molecule has 0 saturated heterocycles. The van der Waals surface area contributed by atoms with E-state index in [0.29, 0.717) is 21.7 Å². The number of dihydropyridines is 1. The standard InChI is InChI=1S/C22H19BrN2O2S2/c1-12-8-9-28-21(12)20-17(10-24)22(25-13(2)19(20)14(3)26)29-11-18(27)15-4-6-16(23)7-5-15/h4-9,20,25H,11H2,1-3H3/t20-/m1/s1. The van der Waals surface area contributed by atoms with E-state index < -0.39 is 5.92 Å². The first-order valence-electron chi connectivity index (χ1n) is 8.92. The number of carbonyl (C=O) groups excluding carboxylic acids is 2. The molecular formula is C22H19BrN2O2S2. The summed E-state index contributed by atoms with van der Waals surface area (Å²) < 4.78 is 0.914. The molecule has 1 aliphatic heterocycles. The van der Waals surface area contributed by atoms with Crippen LogP contribution in [0.4, 0.5) is 0 Å². The van der Waals surface area contributed by atoms with Gasteiger partial charge in [0.15, 0.2) is 11.6 Å². The van der Waals surface area contributed by atoms with Crippen molar-refractivity contribution in [3.05, 3.63) is 78.1 Å². The second-order valence-corrected chi connectivity index (χ2v) is 9.54. The zero-order chi connectivity index (χ0) is 21.1. The molecule has 0 radical (unpaired) electrons. The van der Waals surface area contributed by atoms with E-state index in [1.165, 1.54) is 18.7 Å². The molecule has 148 valence electrons. The van der Waals surface area contributed by atoms with Gasteiger partial charge in [-0.25, -0.2) is 0 Å². The lowest BCUT2D eigenvalue weighted by Crippen LogP contribution is -2.27. The van der Waals surface area contributed by atoms with Crippen LogP contribution in [0.3, 0.4) is 0 Å². The zero-order valence-corrected chi connectivity index (χ0v) is 19.4. The molecule has 1 aromatic carbocycles. The summed E-state index contributed by atoms with van der Waals surface area (Å²) in [6, 6.07) is 11.5. The van der Waals surface area contributed by atoms with E-state index in [1.54, 1.807) is 23.5 Å². The third-order valence-electron chi connectivity index (χ3n) is 4.70. The zero-order valence-electron chi connectivity index (χ0n) is 16.2. The highest BCUT2D eigenvalue weighted by Gasteiger charge is 2.34. The Balaban J connectivity index is 1.94. The van der Waals surface area contributed by atoms with E-state index in [9.17, 15) is 14.9 Å². The number of nitriles is 1. The Labute approximate surface area is 186 Å². The molecule has 0 amide bonds. The molecule has 4 nitrogen and oxygen atoms in total. The van der Waals surface area contributed by atoms with Crippen molar-refractivity contribution >= 4 is 50.6 Å². The highest BCUT2D eigenvalue weighted by atomic mass is 79.9. The molecule has 7 heteroatoms. The highest BCUT2D eigenvalue weighted by molar-refractivity contribution is 9.10. The Morgan fingerprint density at radius 2 is 1.93 bits per heavy atom. The van der Waals surface area contributed by atoms with Gasteiger partial charge in [-0.3, -0.25) is 9.59 Å². The molecule has 0 saturated carbocycles. The van der Waals surface area contributed by atoms with E-state index in [-0.39, 0.29) is 17.3 Å². The lowest BCUT2D eigenvalue weighted by Gasteiger charge is -2.29. The van der Waals surface area contributed by atoms with Gasteiger partial charge in [-0.15, -0.1) is 11.3 Å². The number of thiophene rings is 1. The fourth-order valence-corrected chi connectivity index (χ4v) is 5.59. The van der Waals surface area contributed by atoms with Crippen LogP contribution in [-0.4, -0.2) is 17.3 Å². The van der Waals surface area contributed by atoms with Gasteiger partial charge in [-0.05, 0) is 49.9 Å². The number of nitrogens with one attached hydrogen (secondary N) is 1. The van der Waals surface area contributed by atoms with Crippen molar-refractivity contribution in [2.75, 3.05) is 5.75 Å². The fraction of sp³-hybridized carbons (Fsp3) is 0.227. The predicted molar refractivity (Wildman–Crippen MR) is 122 cm³/mol.